The van der Waals surface area contributed by atoms with Crippen molar-refractivity contribution in [3.63, 3.8) is 0 Å². The van der Waals surface area contributed by atoms with Gasteiger partial charge in [0.2, 0.25) is 11.6 Å². The molecule has 2 aromatic rings. The van der Waals surface area contributed by atoms with Crippen LogP contribution in [0.5, 0.6) is 0 Å². The van der Waals surface area contributed by atoms with E-state index in [9.17, 15) is 9.18 Å². The number of hydrogen-bond donors (Lipinski definition) is 3. The Morgan fingerprint density at radius 2 is 1.96 bits per heavy atom. The number of aryl methyl sites for hydroxylation is 2. The molecule has 1 amide bonds. The number of aromatic amines is 1. The molecule has 1 aromatic carbocycles. The summed E-state index contributed by atoms with van der Waals surface area (Å²) >= 11 is 0. The molecule has 0 spiro atoms. The van der Waals surface area contributed by atoms with Gasteiger partial charge in [-0.05, 0) is 56.0 Å². The lowest BCUT2D eigenvalue weighted by Crippen LogP contribution is -3.00. The van der Waals surface area contributed by atoms with Crippen molar-refractivity contribution in [2.45, 2.75) is 34.2 Å². The maximum absolute atomic E-state index is 14.1. The van der Waals surface area contributed by atoms with Gasteiger partial charge in [-0.2, -0.15) is 0 Å². The number of H-pyrrole nitrogens is 1. The summed E-state index contributed by atoms with van der Waals surface area (Å²) in [6.45, 7) is 7.95. The van der Waals surface area contributed by atoms with Gasteiger partial charge < -0.3 is 28.2 Å². The second-order valence-corrected chi connectivity index (χ2v) is 5.83. The molecule has 2 rings (SSSR count). The van der Waals surface area contributed by atoms with Crippen molar-refractivity contribution in [2.24, 2.45) is 0 Å². The molecule has 0 bridgehead atoms. The second-order valence-electron chi connectivity index (χ2n) is 5.83. The molecule has 0 aliphatic carbocycles. The zero-order valence-corrected chi connectivity index (χ0v) is 16.1. The van der Waals surface area contributed by atoms with Gasteiger partial charge in [0.05, 0.1) is 13.2 Å². The van der Waals surface area contributed by atoms with E-state index in [2.05, 4.69) is 15.6 Å². The smallest absolute Gasteiger partial charge is 0.411 e. The Labute approximate surface area is 158 Å². The minimum absolute atomic E-state index is 0. The molecule has 0 aliphatic rings. The van der Waals surface area contributed by atoms with Crippen LogP contribution in [0.2, 0.25) is 0 Å². The number of ether oxygens (including phenoxy) is 1. The Morgan fingerprint density at radius 1 is 1.27 bits per heavy atom. The standard InChI is InChI=1S/C18H23FN4O2.ClH/c1-5-25-18(24)22-14-6-7-15(23-17(14)20)21-9-13-10(2)8-11(3)16(19)12(13)4;/h6-8H,5,9H2,1-4H3,(H,22,24)(H3,20,21,23);1H. The number of amides is 1. The molecular weight excluding hydrogens is 359 g/mol. The fourth-order valence-electron chi connectivity index (χ4n) is 2.65. The summed E-state index contributed by atoms with van der Waals surface area (Å²) < 4.78 is 18.9. The first kappa shape index (κ1) is 21.5. The van der Waals surface area contributed by atoms with Crippen molar-refractivity contribution >= 4 is 23.4 Å². The average Bonchev–Trinajstić information content (AvgIpc) is 2.55. The van der Waals surface area contributed by atoms with E-state index in [1.165, 1.54) is 0 Å². The predicted molar refractivity (Wildman–Crippen MR) is 96.0 cm³/mol. The fourth-order valence-corrected chi connectivity index (χ4v) is 2.65. The molecule has 5 N–H and O–H groups in total. The number of anilines is 3. The van der Waals surface area contributed by atoms with Crippen LogP contribution < -0.4 is 33.8 Å². The number of benzene rings is 1. The summed E-state index contributed by atoms with van der Waals surface area (Å²) in [7, 11) is 0. The van der Waals surface area contributed by atoms with E-state index >= 15 is 0 Å². The van der Waals surface area contributed by atoms with Gasteiger partial charge >= 0.3 is 6.09 Å². The van der Waals surface area contributed by atoms with E-state index in [4.69, 9.17) is 10.5 Å². The third-order valence-corrected chi connectivity index (χ3v) is 3.98. The van der Waals surface area contributed by atoms with Gasteiger partial charge in [0.1, 0.15) is 11.5 Å². The molecule has 0 fully saturated rings. The Balaban J connectivity index is 0.00000338. The van der Waals surface area contributed by atoms with Crippen molar-refractivity contribution in [2.75, 3.05) is 23.0 Å². The summed E-state index contributed by atoms with van der Waals surface area (Å²) in [5.41, 5.74) is 9.55. The van der Waals surface area contributed by atoms with Gasteiger partial charge in [-0.15, -0.1) is 0 Å². The molecule has 26 heavy (non-hydrogen) atoms. The number of carbonyl (C=O) groups excluding carboxylic acids is 1. The van der Waals surface area contributed by atoms with Gasteiger partial charge in [0.25, 0.3) is 0 Å². The number of nitrogens with one attached hydrogen (secondary N) is 3. The maximum atomic E-state index is 14.1. The quantitative estimate of drug-likeness (QED) is 0.695. The van der Waals surface area contributed by atoms with Crippen LogP contribution in [0.3, 0.4) is 0 Å². The van der Waals surface area contributed by atoms with Crippen LogP contribution in [0, 0.1) is 26.6 Å². The van der Waals surface area contributed by atoms with Crippen LogP contribution >= 0.6 is 0 Å². The second kappa shape index (κ2) is 9.24. The van der Waals surface area contributed by atoms with Crippen molar-refractivity contribution in [3.05, 3.63) is 46.3 Å². The molecule has 6 nitrogen and oxygen atoms in total. The van der Waals surface area contributed by atoms with Crippen molar-refractivity contribution in [1.29, 1.82) is 0 Å². The monoisotopic (exact) mass is 382 g/mol. The number of carbonyl (C=O) groups is 1. The van der Waals surface area contributed by atoms with E-state index in [0.717, 1.165) is 11.1 Å². The molecule has 142 valence electrons. The first-order chi connectivity index (χ1) is 11.8. The first-order valence-electron chi connectivity index (χ1n) is 8.08. The van der Waals surface area contributed by atoms with E-state index in [-0.39, 0.29) is 24.8 Å². The van der Waals surface area contributed by atoms with Crippen LogP contribution in [0.4, 0.5) is 26.5 Å². The minimum Gasteiger partial charge on any atom is -1.00 e. The zero-order valence-electron chi connectivity index (χ0n) is 15.3. The Bertz CT molecular complexity index is 799. The summed E-state index contributed by atoms with van der Waals surface area (Å²) in [5.74, 6) is 0.771. The summed E-state index contributed by atoms with van der Waals surface area (Å²) in [6.07, 6.45) is -0.565. The minimum atomic E-state index is -0.565. The normalized spacial score (nSPS) is 10.0. The number of halogens is 2. The lowest BCUT2D eigenvalue weighted by atomic mass is 9.99. The average molecular weight is 383 g/mol. The maximum Gasteiger partial charge on any atom is 0.411 e. The number of hydrogen-bond acceptors (Lipinski definition) is 4. The zero-order chi connectivity index (χ0) is 18.6. The van der Waals surface area contributed by atoms with Crippen molar-refractivity contribution < 1.29 is 31.3 Å². The topological polar surface area (TPSA) is 90.5 Å². The van der Waals surface area contributed by atoms with Gasteiger partial charge in [0, 0.05) is 6.07 Å². The van der Waals surface area contributed by atoms with Crippen molar-refractivity contribution in [1.82, 2.24) is 0 Å². The molecule has 0 saturated heterocycles. The van der Waals surface area contributed by atoms with Gasteiger partial charge in [-0.1, -0.05) is 6.07 Å². The summed E-state index contributed by atoms with van der Waals surface area (Å²) in [6, 6.07) is 5.25. The predicted octanol–water partition coefficient (Wildman–Crippen LogP) is 0.332. The number of pyridine rings is 1. The van der Waals surface area contributed by atoms with Crippen LogP contribution in [-0.4, -0.2) is 12.7 Å². The molecule has 1 aromatic heterocycles. The van der Waals surface area contributed by atoms with Crippen LogP contribution in [0.1, 0.15) is 29.2 Å². The molecule has 0 aliphatic heterocycles. The van der Waals surface area contributed by atoms with E-state index < -0.39 is 6.09 Å². The fraction of sp³-hybridized carbons (Fsp3) is 0.333. The molecule has 8 heteroatoms. The SMILES string of the molecule is CCOC(=O)Nc1ccc(NCc2c(C)cc(C)c(F)c2C)[nH+]c1N.[Cl-]. The van der Waals surface area contributed by atoms with Crippen LogP contribution in [-0.2, 0) is 11.3 Å². The summed E-state index contributed by atoms with van der Waals surface area (Å²) in [4.78, 5) is 14.4. The van der Waals surface area contributed by atoms with Gasteiger partial charge in [-0.3, -0.25) is 5.32 Å². The van der Waals surface area contributed by atoms with Crippen LogP contribution in [0.25, 0.3) is 0 Å². The number of nitrogen functional groups attached to an aromatic ring is 1. The number of nitrogens with two attached hydrogens (primary N) is 1. The third kappa shape index (κ3) is 4.98. The van der Waals surface area contributed by atoms with Crippen LogP contribution in [0.15, 0.2) is 18.2 Å². The Morgan fingerprint density at radius 3 is 2.58 bits per heavy atom. The Hall–Kier alpha value is -2.54. The van der Waals surface area contributed by atoms with Gasteiger partial charge in [-0.25, -0.2) is 14.2 Å². The van der Waals surface area contributed by atoms with Gasteiger partial charge in [0.15, 0.2) is 0 Å². The van der Waals surface area contributed by atoms with E-state index in [0.29, 0.717) is 35.0 Å². The molecule has 0 atom stereocenters. The molecular formula is C18H24ClFN4O2. The molecule has 0 radical (unpaired) electrons. The molecule has 1 heterocycles. The van der Waals surface area contributed by atoms with E-state index in [1.54, 1.807) is 32.9 Å². The highest BCUT2D eigenvalue weighted by Crippen LogP contribution is 2.22. The lowest BCUT2D eigenvalue weighted by Gasteiger charge is -2.13. The van der Waals surface area contributed by atoms with E-state index in [1.807, 2.05) is 13.0 Å². The summed E-state index contributed by atoms with van der Waals surface area (Å²) in [5, 5.41) is 5.74. The number of rotatable bonds is 5. The number of aromatic nitrogens is 1. The lowest BCUT2D eigenvalue weighted by molar-refractivity contribution is -0.342. The largest absolute Gasteiger partial charge is 1.00 e. The molecule has 0 unspecified atom stereocenters. The highest BCUT2D eigenvalue weighted by atomic mass is 35.5. The highest BCUT2D eigenvalue weighted by Gasteiger charge is 2.14. The molecule has 0 saturated carbocycles. The first-order valence-corrected chi connectivity index (χ1v) is 8.08. The van der Waals surface area contributed by atoms with Crippen molar-refractivity contribution in [3.8, 4) is 0 Å². The Kier molecular flexibility index (Phi) is 7.64. The highest BCUT2D eigenvalue weighted by molar-refractivity contribution is 5.87. The third-order valence-electron chi connectivity index (χ3n) is 3.98.